The number of carbonyl (C=O) groups excluding carboxylic acids is 4. The second-order valence-electron chi connectivity index (χ2n) is 34.9. The molecule has 1 saturated heterocycles. The number of epoxide rings is 1. The standard InChI is InChI=1S/C55H54ClN3O9S.C33H23N3O2.C22H31ClO7S/c1-5-6-31-66-52(62)54(3,36-69(64,65)46-28-17-37(2)18-29-46)35-55(4,56)53(63)68-34-44(60)33-67-45-27-30-47(48(61)32-45)51-58-49(42-23-19-40(20-24-42)38-13-9-7-10-14-38)57-50(59-51)43-25-21-41(22-26-43)39-15-11-8-12-16-39;37-28-19-20-29(30(38)21-28)33-35-31(26-15-11-24(12-16-26)22-7-3-1-4-8-22)34-32(36-33)27-17-13-25(14-18-27)23-9-5-2-6-10-23;1-5-6-11-28-19(24)21(3,14-22(4,23)20(25)30-13-17-12-29-17)15-31(26,27)18-9-7-16(2)8-10-18/h7-30,32,44,60-61H,5-6,31,33-36H2,1-4H3;1-21,37-38H;7-10,17H,5-6,11-15H2,1-4H3. The number of alkyl halides is 2. The number of aliphatic hydroxyl groups is 1. The fraction of sp³-hybridized carbons (Fsp3) is 0.255. The zero-order chi connectivity index (χ0) is 98.4. The van der Waals surface area contributed by atoms with Crippen molar-refractivity contribution in [3.05, 3.63) is 314 Å². The first-order chi connectivity index (χ1) is 66.1. The number of benzene rings is 12. The molecule has 0 aliphatic carbocycles. The largest absolute Gasteiger partial charge is 0.508 e. The van der Waals surface area contributed by atoms with Gasteiger partial charge in [-0.05, 0) is 160 Å². The highest BCUT2D eigenvalue weighted by molar-refractivity contribution is 7.91. The highest BCUT2D eigenvalue weighted by Gasteiger charge is 2.50. The number of sulfone groups is 2. The number of aromatic nitrogens is 6. The Kier molecular flexibility index (Phi) is 33.8. The Balaban J connectivity index is 0.000000195. The number of ether oxygens (including phenoxy) is 6. The van der Waals surface area contributed by atoms with E-state index in [1.54, 1.807) is 42.5 Å². The maximum Gasteiger partial charge on any atom is 0.327 e. The van der Waals surface area contributed by atoms with Crippen LogP contribution in [-0.4, -0.2) is 164 Å². The van der Waals surface area contributed by atoms with E-state index in [9.17, 15) is 56.4 Å². The lowest BCUT2D eigenvalue weighted by Gasteiger charge is -2.33. The maximum absolute atomic E-state index is 13.6. The number of hydrogen-bond donors (Lipinski definition) is 4. The van der Waals surface area contributed by atoms with Crippen molar-refractivity contribution in [1.29, 1.82) is 0 Å². The molecular formula is C110H108Cl2N6O18S2. The van der Waals surface area contributed by atoms with Gasteiger partial charge < -0.3 is 48.8 Å². The second kappa shape index (κ2) is 45.9. The molecule has 0 saturated carbocycles. The van der Waals surface area contributed by atoms with Crippen LogP contribution in [0.2, 0.25) is 0 Å². The van der Waals surface area contributed by atoms with Crippen molar-refractivity contribution < 1.29 is 84.9 Å². The minimum absolute atomic E-state index is 0.0154. The summed E-state index contributed by atoms with van der Waals surface area (Å²) in [5, 5.41) is 42.5. The third kappa shape index (κ3) is 27.3. The van der Waals surface area contributed by atoms with Crippen LogP contribution in [0.1, 0.15) is 91.2 Å². The topological polar surface area (TPSA) is 353 Å². The first kappa shape index (κ1) is 102. The molecule has 1 fully saturated rings. The van der Waals surface area contributed by atoms with Gasteiger partial charge in [0.1, 0.15) is 64.8 Å². The highest BCUT2D eigenvalue weighted by atomic mass is 35.5. The van der Waals surface area contributed by atoms with Gasteiger partial charge in [0, 0.05) is 34.4 Å². The Morgan fingerprint density at radius 2 is 0.688 bits per heavy atom. The number of phenols is 3. The maximum atomic E-state index is 13.6. The number of rotatable bonds is 37. The van der Waals surface area contributed by atoms with Gasteiger partial charge >= 0.3 is 23.9 Å². The van der Waals surface area contributed by atoms with Crippen molar-refractivity contribution in [2.45, 2.75) is 126 Å². The predicted molar refractivity (Wildman–Crippen MR) is 534 cm³/mol. The first-order valence-corrected chi connectivity index (χ1v) is 49.2. The summed E-state index contributed by atoms with van der Waals surface area (Å²) in [6.45, 7) is 13.1. The summed E-state index contributed by atoms with van der Waals surface area (Å²) in [7, 11) is -7.89. The smallest absolute Gasteiger partial charge is 0.327 e. The minimum atomic E-state index is -4.03. The molecular weight excluding hydrogens is 1830 g/mol. The summed E-state index contributed by atoms with van der Waals surface area (Å²) in [6, 6.07) is 93.8. The average molecular weight is 1940 g/mol. The fourth-order valence-corrected chi connectivity index (χ4v) is 19.5. The lowest BCUT2D eigenvalue weighted by molar-refractivity contribution is -0.158. The summed E-state index contributed by atoms with van der Waals surface area (Å²) < 4.78 is 85.5. The number of hydrogen-bond acceptors (Lipinski definition) is 24. The van der Waals surface area contributed by atoms with Crippen LogP contribution in [0.25, 0.3) is 113 Å². The van der Waals surface area contributed by atoms with Crippen LogP contribution in [0.4, 0.5) is 0 Å². The van der Waals surface area contributed by atoms with Gasteiger partial charge in [-0.25, -0.2) is 46.7 Å². The molecule has 0 spiro atoms. The van der Waals surface area contributed by atoms with Crippen LogP contribution >= 0.6 is 23.2 Å². The molecule has 24 nitrogen and oxygen atoms in total. The molecule has 12 aromatic carbocycles. The quantitative estimate of drug-likeness (QED) is 0.00923. The van der Waals surface area contributed by atoms with Crippen molar-refractivity contribution in [1.82, 2.24) is 29.9 Å². The SMILES string of the molecule is CCCCOC(=O)C(C)(CC(C)(Cl)C(=O)OCC(O)COc1ccc(-c2nc(-c3ccc(-c4ccccc4)cc3)nc(-c3ccc(-c4ccccc4)cc3)n2)c(O)c1)CS(=O)(=O)c1ccc(C)cc1.CCCCOC(=O)C(C)(CC(C)(Cl)C(=O)OCC1CO1)CS(=O)(=O)c1ccc(C)cc1.Oc1ccc(-c2nc(-c3ccc(-c4ccccc4)cc3)nc(-c3ccc(-c4ccccc4)cc3)n2)c(O)c1. The molecule has 1 aliphatic rings. The van der Waals surface area contributed by atoms with Crippen LogP contribution in [0, 0.1) is 24.7 Å². The van der Waals surface area contributed by atoms with Gasteiger partial charge in [-0.1, -0.05) is 280 Å². The van der Waals surface area contributed by atoms with E-state index in [2.05, 4.69) is 24.3 Å². The molecule has 712 valence electrons. The molecule has 1 aliphatic heterocycles. The van der Waals surface area contributed by atoms with Crippen LogP contribution in [0.3, 0.4) is 0 Å². The summed E-state index contributed by atoms with van der Waals surface area (Å²) in [5.74, 6) is -2.29. The number of esters is 4. The summed E-state index contributed by atoms with van der Waals surface area (Å²) >= 11 is 13.2. The zero-order valence-electron chi connectivity index (χ0n) is 77.7. The second-order valence-corrected chi connectivity index (χ2v) is 40.5. The number of aliphatic hydroxyl groups excluding tert-OH is 1. The van der Waals surface area contributed by atoms with Crippen LogP contribution in [-0.2, 0) is 62.5 Å². The zero-order valence-corrected chi connectivity index (χ0v) is 80.8. The van der Waals surface area contributed by atoms with Crippen LogP contribution < -0.4 is 4.74 Å². The Morgan fingerprint density at radius 1 is 0.384 bits per heavy atom. The normalized spacial score (nSPS) is 14.2. The lowest BCUT2D eigenvalue weighted by Crippen LogP contribution is -2.45. The molecule has 6 unspecified atom stereocenters. The van der Waals surface area contributed by atoms with Gasteiger partial charge in [0.15, 0.2) is 54.6 Å². The van der Waals surface area contributed by atoms with Crippen LogP contribution in [0.15, 0.2) is 313 Å². The third-order valence-corrected chi connectivity index (χ3v) is 27.5. The number of halogens is 2. The van der Waals surface area contributed by atoms with Gasteiger partial charge in [-0.2, -0.15) is 0 Å². The minimum Gasteiger partial charge on any atom is -0.508 e. The molecule has 0 amide bonds. The van der Waals surface area contributed by atoms with E-state index in [0.717, 1.165) is 90.7 Å². The van der Waals surface area contributed by atoms with E-state index >= 15 is 0 Å². The Hall–Kier alpha value is -13.9. The number of aromatic hydroxyl groups is 3. The predicted octanol–water partition coefficient (Wildman–Crippen LogP) is 21.8. The van der Waals surface area contributed by atoms with Crippen molar-refractivity contribution in [2.75, 3.05) is 51.1 Å². The van der Waals surface area contributed by atoms with E-state index in [1.165, 1.54) is 70.2 Å². The molecule has 28 heteroatoms. The molecule has 15 rings (SSSR count). The summed E-state index contributed by atoms with van der Waals surface area (Å²) in [6.07, 6.45) is 0.581. The van der Waals surface area contributed by atoms with Gasteiger partial charge in [-0.3, -0.25) is 19.2 Å². The van der Waals surface area contributed by atoms with Crippen LogP contribution in [0.5, 0.6) is 23.0 Å². The highest BCUT2D eigenvalue weighted by Crippen LogP contribution is 2.43. The fourth-order valence-electron chi connectivity index (χ4n) is 15.3. The number of phenolic OH excluding ortho intramolecular Hbond substituents is 3. The summed E-state index contributed by atoms with van der Waals surface area (Å²) in [5.41, 5.74) is 11.0. The number of aryl methyl sites for hydroxylation is 2. The number of unbranched alkanes of at least 4 members (excludes halogenated alkanes) is 2. The van der Waals surface area contributed by atoms with E-state index in [-0.39, 0.29) is 77.6 Å². The van der Waals surface area contributed by atoms with Gasteiger partial charge in [0.05, 0.1) is 63.1 Å². The number of carbonyl (C=O) groups is 4. The van der Waals surface area contributed by atoms with Crippen molar-refractivity contribution in [3.8, 4) is 136 Å². The Labute approximate surface area is 814 Å². The molecule has 2 aromatic heterocycles. The lowest BCUT2D eigenvalue weighted by atomic mass is 9.82. The van der Waals surface area contributed by atoms with Gasteiger partial charge in [0.25, 0.3) is 0 Å². The first-order valence-electron chi connectivity index (χ1n) is 45.2. The molecule has 0 radical (unpaired) electrons. The molecule has 3 heterocycles. The average Bonchev–Trinajstić information content (AvgIpc) is 0.941. The Bertz CT molecular complexity index is 6560. The Morgan fingerprint density at radius 3 is 1.01 bits per heavy atom. The number of nitrogens with zero attached hydrogens (tertiary/aromatic N) is 6. The van der Waals surface area contributed by atoms with Gasteiger partial charge in [0.2, 0.25) is 0 Å². The molecule has 138 heavy (non-hydrogen) atoms. The van der Waals surface area contributed by atoms with Crippen molar-refractivity contribution >= 4 is 66.8 Å². The van der Waals surface area contributed by atoms with E-state index in [4.69, 9.17) is 81.5 Å². The van der Waals surface area contributed by atoms with E-state index in [1.807, 2.05) is 222 Å². The van der Waals surface area contributed by atoms with E-state index in [0.29, 0.717) is 59.7 Å². The molecule has 14 aromatic rings. The molecule has 6 atom stereocenters. The van der Waals surface area contributed by atoms with Crippen molar-refractivity contribution in [3.63, 3.8) is 0 Å². The van der Waals surface area contributed by atoms with Crippen molar-refractivity contribution in [2.24, 2.45) is 10.8 Å². The summed E-state index contributed by atoms with van der Waals surface area (Å²) in [4.78, 5) is 77.6. The molecule has 4 N–H and O–H groups in total. The van der Waals surface area contributed by atoms with E-state index < -0.39 is 94.8 Å². The third-order valence-electron chi connectivity index (χ3n) is 22.9. The monoisotopic (exact) mass is 1930 g/mol. The van der Waals surface area contributed by atoms with Gasteiger partial charge in [-0.15, -0.1) is 23.2 Å². The molecule has 0 bridgehead atoms.